The van der Waals surface area contributed by atoms with Gasteiger partial charge in [0.15, 0.2) is 23.2 Å². The fourth-order valence-corrected chi connectivity index (χ4v) is 15.8. The summed E-state index contributed by atoms with van der Waals surface area (Å²) in [6.07, 6.45) is 21.4. The van der Waals surface area contributed by atoms with Gasteiger partial charge in [-0.05, 0) is 204 Å². The third-order valence-electron chi connectivity index (χ3n) is 22.0. The fourth-order valence-electron chi connectivity index (χ4n) is 13.8. The Morgan fingerprint density at radius 1 is 0.715 bits per heavy atom. The number of nitrogens with one attached hydrogen (secondary N) is 3. The molecule has 8 aromatic rings. The number of ketones is 3. The molecule has 130 heavy (non-hydrogen) atoms. The molecule has 1 radical (unpaired) electrons. The van der Waals surface area contributed by atoms with E-state index >= 15 is 0 Å². The third kappa shape index (κ3) is 38.6. The van der Waals surface area contributed by atoms with E-state index in [1.54, 1.807) is 104 Å². The molecule has 29 nitrogen and oxygen atoms in total. The predicted octanol–water partition coefficient (Wildman–Crippen LogP) is 6.39. The maximum absolute atomic E-state index is 14.8. The molecular formula is C93H118BBr2K2N12O17S3. The Hall–Kier alpha value is -6.66. The van der Waals surface area contributed by atoms with Gasteiger partial charge >= 0.3 is 110 Å². The number of hydrazone groups is 1. The van der Waals surface area contributed by atoms with Gasteiger partial charge in [-0.25, -0.2) is 23.2 Å². The number of amides is 2. The maximum atomic E-state index is 14.8. The van der Waals surface area contributed by atoms with Crippen LogP contribution in [0.1, 0.15) is 173 Å². The van der Waals surface area contributed by atoms with Crippen molar-refractivity contribution >= 4 is 121 Å². The smallest absolute Gasteiger partial charge is 1.00 e. The number of fused-ring (bicyclic) bond motifs is 5. The molecule has 4 saturated carbocycles. The van der Waals surface area contributed by atoms with E-state index in [9.17, 15) is 50.9 Å². The van der Waals surface area contributed by atoms with Crippen molar-refractivity contribution in [3.05, 3.63) is 218 Å². The average Bonchev–Trinajstić information content (AvgIpc) is 0.775. The molecule has 0 saturated heterocycles. The second-order valence-corrected chi connectivity index (χ2v) is 36.8. The number of aldehydes is 1. The molecule has 37 heteroatoms. The quantitative estimate of drug-likeness (QED) is 0.00444. The number of nitrogens with two attached hydrogens (primary N) is 4. The normalized spacial score (nSPS) is 15.9. The summed E-state index contributed by atoms with van der Waals surface area (Å²) in [7, 11) is -4.83. The van der Waals surface area contributed by atoms with Crippen molar-refractivity contribution in [1.29, 1.82) is 5.26 Å². The van der Waals surface area contributed by atoms with Gasteiger partial charge in [0.2, 0.25) is 11.8 Å². The van der Waals surface area contributed by atoms with Gasteiger partial charge in [0, 0.05) is 102 Å². The number of carbonyl (C=O) groups is 7. The Labute approximate surface area is 874 Å². The summed E-state index contributed by atoms with van der Waals surface area (Å²) >= 11 is 6.71. The number of halogens is 2. The Kier molecular flexibility index (Phi) is 54.6. The number of sulfonamides is 2. The standard InChI is InChI=1S/C51H62N8O7.C12H16N2O2S.C11H13Br.C7H10N2O2S.C6H5BBrO2.C5H8O.CH2O3.2K.H2S.H/c1-31-24-45(62)48(59(3)51(64)38(17-19-53)29-44(61)41-30-56-49(57-32(41)2)36-12-9-34(10-13-36)25-33-6-4-7-33)37-14-16-47(66-23-21-55)40(28-37)39-26-35(11-15-46(39)65-22-20-54)27-42(58-50(31)63)43(60)8-5-18-52;1-10-5-7-12(8-6-10)17(15,16)14-13-9-11-3-2-4-11;12-11-6-4-10(5-7-11)8-9-2-1-3-9;1-6-2-4-7(5-3-6)12(10,11)9-8;8-5-1-3-6(4-2-5)10-7-9;6-4-5-2-1-3-5;2-1-4-3;;;;/h9-16,26,28,30-31,33,38,42,48H,4-8,17,19-25,27,29,53-55H2,1-3H3,(H,58,63);5-9,11,14H,2-4H2,1H3;4-7,9H,1-3,8H2;2-5,9H,8H2,1H3;1-4,9H;4-5H,1-3H2;1,3H;;;1H2;/q;;;;;;;2*+1;;-1/p-1/b;13-9+;;;;;;;;;/t31-,38-,42+,48+;;;;;;;;;;/m1........../s1. The number of likely N-dealkylation sites (N-methyl/N-ethyl adjacent to an activating group) is 1. The fraction of sp³-hybridized carbons (Fsp3) is 0.409. The van der Waals surface area contributed by atoms with Crippen LogP contribution in [-0.4, -0.2) is 138 Å². The molecule has 689 valence electrons. The molecule has 12 N–H and O–H groups in total. The van der Waals surface area contributed by atoms with Gasteiger partial charge in [0.05, 0.1) is 33.2 Å². The number of rotatable bonds is 31. The van der Waals surface area contributed by atoms with E-state index in [2.05, 4.69) is 103 Å². The zero-order chi connectivity index (χ0) is 92.4. The van der Waals surface area contributed by atoms with Crippen molar-refractivity contribution < 1.29 is 184 Å². The number of benzene rings is 7. The number of aromatic nitrogens is 2. The first kappa shape index (κ1) is 116. The third-order valence-corrected chi connectivity index (χ3v) is 25.5. The van der Waals surface area contributed by atoms with Crippen LogP contribution in [0.4, 0.5) is 0 Å². The Bertz CT molecular complexity index is 5190. The summed E-state index contributed by atoms with van der Waals surface area (Å²) in [6, 6.07) is 47.5. The van der Waals surface area contributed by atoms with Gasteiger partial charge in [0.25, 0.3) is 26.5 Å². The largest absolute Gasteiger partial charge is 1.00 e. The first-order valence-electron chi connectivity index (χ1n) is 42.3. The summed E-state index contributed by atoms with van der Waals surface area (Å²) in [6.45, 7) is 7.81. The van der Waals surface area contributed by atoms with E-state index < -0.39 is 61.6 Å². The predicted molar refractivity (Wildman–Crippen MR) is 503 cm³/mol. The van der Waals surface area contributed by atoms with Gasteiger partial charge in [0.1, 0.15) is 42.8 Å². The van der Waals surface area contributed by atoms with Crippen LogP contribution in [0.25, 0.3) is 22.5 Å². The average molecular weight is 2020 g/mol. The first-order valence-corrected chi connectivity index (χ1v) is 46.9. The number of hydrazine groups is 1. The van der Waals surface area contributed by atoms with E-state index in [-0.39, 0.29) is 222 Å². The molecular weight excluding hydrogens is 1900 g/mol. The minimum atomic E-state index is -3.50. The zero-order valence-electron chi connectivity index (χ0n) is 75.8. The molecule has 4 atom stereocenters. The van der Waals surface area contributed by atoms with E-state index in [1.807, 2.05) is 50.2 Å². The molecule has 7 aromatic carbocycles. The second kappa shape index (κ2) is 61.4. The molecule has 0 spiro atoms. The SMILES string of the molecule is Brc1ccc(CC2CCC2)cc1.Cc1ccc(S(=O)(=O)N/N=C/C2CCC2)cc1.Cc1ccc(S(=O)(=O)NN)cc1.Cc1nc(-c2ccc(CC3CCC3)cc2)ncc1C(=O)C[C@@H](CCN)C(=O)N(C)[C@@H]1C(=O)C[C@@H](C)C(=O)N[C@H](C(=O)CCC#N)Cc2ccc(OCCN)c(c2)-c2cc1ccc2OCCN.O=CC1CCC1.O=CO[O-].O[B]Oc1ccc(Br)cc1.S.[H-].[K+].[K+]. The molecule has 4 aliphatic carbocycles. The number of nitriles is 1. The van der Waals surface area contributed by atoms with Crippen molar-refractivity contribution in [2.45, 2.75) is 178 Å². The number of carbonyl (C=O) groups excluding carboxylic acids is 7. The van der Waals surface area contributed by atoms with Gasteiger partial charge < -0.3 is 62.9 Å². The minimum absolute atomic E-state index is 0. The monoisotopic (exact) mass is 2020 g/mol. The number of hydrogen-bond acceptors (Lipinski definition) is 25. The molecule has 1 aliphatic heterocycles. The molecule has 0 unspecified atom stereocenters. The maximum Gasteiger partial charge on any atom is 1.00 e. The number of Topliss-reactive ketones (excluding diaryl/α,β-unsaturated/α-hetero) is 3. The Balaban J connectivity index is 0.000000537. The number of aryl methyl sites for hydroxylation is 3. The molecule has 4 bridgehead atoms. The minimum Gasteiger partial charge on any atom is -1.00 e. The molecule has 5 aliphatic rings. The van der Waals surface area contributed by atoms with Crippen LogP contribution < -0.4 is 160 Å². The van der Waals surface area contributed by atoms with Gasteiger partial charge in [-0.1, -0.05) is 174 Å². The molecule has 1 aromatic heterocycles. The van der Waals surface area contributed by atoms with Crippen LogP contribution in [0.3, 0.4) is 0 Å². The Morgan fingerprint density at radius 2 is 1.22 bits per heavy atom. The van der Waals surface area contributed by atoms with E-state index in [4.69, 9.17) is 47.6 Å². The van der Waals surface area contributed by atoms with Crippen molar-refractivity contribution in [2.75, 3.05) is 39.9 Å². The summed E-state index contributed by atoms with van der Waals surface area (Å²) in [5, 5.41) is 32.5. The second-order valence-electron chi connectivity index (χ2n) is 31.6. The van der Waals surface area contributed by atoms with Crippen LogP contribution in [0.5, 0.6) is 17.2 Å². The molecule has 4 fully saturated rings. The van der Waals surface area contributed by atoms with Crippen molar-refractivity contribution in [3.8, 4) is 45.8 Å². The van der Waals surface area contributed by atoms with Crippen LogP contribution >= 0.6 is 45.4 Å². The molecule has 2 heterocycles. The van der Waals surface area contributed by atoms with Crippen molar-refractivity contribution in [3.63, 3.8) is 0 Å². The molecule has 2 amide bonds. The van der Waals surface area contributed by atoms with Crippen LogP contribution in [0.15, 0.2) is 188 Å². The number of nitrogens with zero attached hydrogens (tertiary/aromatic N) is 5. The summed E-state index contributed by atoms with van der Waals surface area (Å²) in [5.41, 5.74) is 26.3. The van der Waals surface area contributed by atoms with E-state index in [0.717, 1.165) is 71.4 Å². The first-order chi connectivity index (χ1) is 61.0. The summed E-state index contributed by atoms with van der Waals surface area (Å²) in [4.78, 5) is 107. The van der Waals surface area contributed by atoms with E-state index in [1.165, 1.54) is 104 Å². The van der Waals surface area contributed by atoms with Crippen LogP contribution in [0, 0.1) is 67.6 Å². The van der Waals surface area contributed by atoms with E-state index in [0.29, 0.717) is 70.5 Å². The molecule has 13 rings (SSSR count). The zero-order valence-corrected chi connectivity index (χ0v) is 86.8. The van der Waals surface area contributed by atoms with Crippen molar-refractivity contribution in [2.24, 2.45) is 63.7 Å². The van der Waals surface area contributed by atoms with Gasteiger partial charge in [-0.15, -0.1) is 0 Å². The number of hydrogen-bond donors (Lipinski definition) is 8. The summed E-state index contributed by atoms with van der Waals surface area (Å²) in [5.74, 6) is 5.42. The Morgan fingerprint density at radius 3 is 1.68 bits per heavy atom. The summed E-state index contributed by atoms with van der Waals surface area (Å²) < 4.78 is 64.9. The van der Waals surface area contributed by atoms with Crippen LogP contribution in [0.2, 0.25) is 0 Å². The van der Waals surface area contributed by atoms with Crippen molar-refractivity contribution in [1.82, 2.24) is 29.8 Å². The van der Waals surface area contributed by atoms with Crippen LogP contribution in [-0.2, 0) is 73.0 Å². The number of ether oxygens (including phenoxy) is 2. The topological polar surface area (TPSA) is 473 Å². The van der Waals surface area contributed by atoms with Gasteiger partial charge in [-0.3, -0.25) is 34.6 Å². The van der Waals surface area contributed by atoms with Gasteiger partial charge in [-0.2, -0.15) is 37.1 Å².